The summed E-state index contributed by atoms with van der Waals surface area (Å²) in [5.74, 6) is -0.396. The van der Waals surface area contributed by atoms with Crippen LogP contribution in [0.5, 0.6) is 0 Å². The average molecular weight is 391 g/mol. The monoisotopic (exact) mass is 390 g/mol. The number of carbonyl (C=O) groups excluding carboxylic acids is 2. The molecule has 1 aromatic carbocycles. The first-order chi connectivity index (χ1) is 10.7. The molecule has 24 heavy (non-hydrogen) atoms. The topological polar surface area (TPSA) is 88.3 Å². The van der Waals surface area contributed by atoms with Crippen molar-refractivity contribution in [3.63, 3.8) is 0 Å². The Hall–Kier alpha value is -1.41. The Bertz CT molecular complexity index is 677. The van der Waals surface area contributed by atoms with Crippen LogP contribution in [0.25, 0.3) is 10.2 Å². The van der Waals surface area contributed by atoms with Gasteiger partial charge in [0.1, 0.15) is 5.01 Å². The van der Waals surface area contributed by atoms with Crippen molar-refractivity contribution in [2.75, 3.05) is 19.6 Å². The van der Waals surface area contributed by atoms with Crippen LogP contribution in [0.2, 0.25) is 0 Å². The summed E-state index contributed by atoms with van der Waals surface area (Å²) < 4.78 is 1.13. The van der Waals surface area contributed by atoms with Gasteiger partial charge in [0.25, 0.3) is 0 Å². The van der Waals surface area contributed by atoms with Crippen molar-refractivity contribution >= 4 is 58.2 Å². The third kappa shape index (κ3) is 4.36. The quantitative estimate of drug-likeness (QED) is 0.833. The SMILES string of the molecule is Cl.Cl.NCC(=O)NCC(=O)N1CCCC1c1nc2ccccc2s1. The molecule has 1 aliphatic heterocycles. The van der Waals surface area contributed by atoms with Crippen molar-refractivity contribution in [1.82, 2.24) is 15.2 Å². The molecule has 6 nitrogen and oxygen atoms in total. The van der Waals surface area contributed by atoms with E-state index >= 15 is 0 Å². The van der Waals surface area contributed by atoms with Crippen molar-refractivity contribution < 1.29 is 9.59 Å². The van der Waals surface area contributed by atoms with Crippen molar-refractivity contribution in [3.8, 4) is 0 Å². The molecule has 1 atom stereocenters. The second-order valence-electron chi connectivity index (χ2n) is 5.25. The van der Waals surface area contributed by atoms with E-state index in [-0.39, 0.29) is 55.8 Å². The minimum Gasteiger partial charge on any atom is -0.346 e. The number of nitrogens with zero attached hydrogens (tertiary/aromatic N) is 2. The van der Waals surface area contributed by atoms with E-state index in [0.29, 0.717) is 6.54 Å². The van der Waals surface area contributed by atoms with Crippen LogP contribution in [0.15, 0.2) is 24.3 Å². The lowest BCUT2D eigenvalue weighted by Gasteiger charge is -2.23. The summed E-state index contributed by atoms with van der Waals surface area (Å²) in [7, 11) is 0. The highest BCUT2D eigenvalue weighted by molar-refractivity contribution is 7.18. The van der Waals surface area contributed by atoms with Crippen molar-refractivity contribution in [1.29, 1.82) is 0 Å². The number of hydrogen-bond donors (Lipinski definition) is 2. The third-order valence-electron chi connectivity index (χ3n) is 3.79. The number of para-hydroxylation sites is 1. The van der Waals surface area contributed by atoms with Gasteiger partial charge in [0.05, 0.1) is 29.3 Å². The fraction of sp³-hybridized carbons (Fsp3) is 0.400. The van der Waals surface area contributed by atoms with Crippen molar-refractivity contribution in [3.05, 3.63) is 29.3 Å². The van der Waals surface area contributed by atoms with Crippen LogP contribution < -0.4 is 11.1 Å². The third-order valence-corrected chi connectivity index (χ3v) is 4.93. The second-order valence-corrected chi connectivity index (χ2v) is 6.31. The second kappa shape index (κ2) is 9.17. The number of hydrogen-bond acceptors (Lipinski definition) is 5. The summed E-state index contributed by atoms with van der Waals surface area (Å²) in [6, 6.07) is 7.99. The molecule has 3 N–H and O–H groups in total. The zero-order chi connectivity index (χ0) is 15.5. The summed E-state index contributed by atoms with van der Waals surface area (Å²) >= 11 is 1.63. The minimum atomic E-state index is -0.316. The molecule has 132 valence electrons. The maximum absolute atomic E-state index is 12.3. The average Bonchev–Trinajstić information content (AvgIpc) is 3.17. The zero-order valence-electron chi connectivity index (χ0n) is 12.9. The van der Waals surface area contributed by atoms with E-state index in [4.69, 9.17) is 5.73 Å². The molecule has 0 spiro atoms. The fourth-order valence-electron chi connectivity index (χ4n) is 2.70. The first-order valence-corrected chi connectivity index (χ1v) is 8.12. The van der Waals surface area contributed by atoms with Gasteiger partial charge >= 0.3 is 0 Å². The van der Waals surface area contributed by atoms with E-state index in [9.17, 15) is 9.59 Å². The van der Waals surface area contributed by atoms with E-state index < -0.39 is 0 Å². The summed E-state index contributed by atoms with van der Waals surface area (Å²) in [5.41, 5.74) is 6.20. The summed E-state index contributed by atoms with van der Waals surface area (Å²) in [5, 5.41) is 3.51. The predicted molar refractivity (Wildman–Crippen MR) is 99.9 cm³/mol. The number of halogens is 2. The predicted octanol–water partition coefficient (Wildman–Crippen LogP) is 1.88. The standard InChI is InChI=1S/C15H18N4O2S.2ClH/c16-8-13(20)17-9-14(21)19-7-3-5-11(19)15-18-10-4-1-2-6-12(10)22-15;;/h1-2,4,6,11H,3,5,7-9,16H2,(H,17,20);2*1H. The van der Waals surface area contributed by atoms with Crippen molar-refractivity contribution in [2.45, 2.75) is 18.9 Å². The summed E-state index contributed by atoms with van der Waals surface area (Å²) in [4.78, 5) is 30.0. The number of aromatic nitrogens is 1. The molecule has 2 heterocycles. The highest BCUT2D eigenvalue weighted by Gasteiger charge is 2.32. The molecule has 9 heteroatoms. The van der Waals surface area contributed by atoms with Gasteiger partial charge in [-0.2, -0.15) is 0 Å². The van der Waals surface area contributed by atoms with Gasteiger partial charge in [-0.15, -0.1) is 36.2 Å². The Morgan fingerprint density at radius 2 is 2.08 bits per heavy atom. The Kier molecular flexibility index (Phi) is 7.89. The molecule has 0 bridgehead atoms. The Balaban J connectivity index is 0.00000144. The van der Waals surface area contributed by atoms with E-state index in [1.54, 1.807) is 11.3 Å². The number of benzene rings is 1. The number of thiazole rings is 1. The highest BCUT2D eigenvalue weighted by atomic mass is 35.5. The molecular weight excluding hydrogens is 371 g/mol. The van der Waals surface area contributed by atoms with Gasteiger partial charge in [0.2, 0.25) is 11.8 Å². The molecule has 3 rings (SSSR count). The zero-order valence-corrected chi connectivity index (χ0v) is 15.4. The van der Waals surface area contributed by atoms with E-state index in [2.05, 4.69) is 10.3 Å². The van der Waals surface area contributed by atoms with E-state index in [1.165, 1.54) is 0 Å². The molecule has 1 fully saturated rings. The molecule has 1 aromatic heterocycles. The highest BCUT2D eigenvalue weighted by Crippen LogP contribution is 2.36. The largest absolute Gasteiger partial charge is 0.346 e. The van der Waals surface area contributed by atoms with E-state index in [1.807, 2.05) is 29.2 Å². The molecule has 0 radical (unpaired) electrons. The number of amides is 2. The molecule has 1 saturated heterocycles. The van der Waals surface area contributed by atoms with Gasteiger partial charge in [-0.05, 0) is 25.0 Å². The molecule has 2 aromatic rings. The van der Waals surface area contributed by atoms with Gasteiger partial charge in [-0.3, -0.25) is 9.59 Å². The summed E-state index contributed by atoms with van der Waals surface area (Å²) in [6.07, 6.45) is 1.87. The fourth-order valence-corrected chi connectivity index (χ4v) is 3.82. The van der Waals surface area contributed by atoms with Crippen LogP contribution in [0.3, 0.4) is 0 Å². The van der Waals surface area contributed by atoms with Gasteiger partial charge < -0.3 is 16.0 Å². The maximum atomic E-state index is 12.3. The first kappa shape index (κ1) is 20.6. The minimum absolute atomic E-state index is 0. The molecule has 1 unspecified atom stereocenters. The van der Waals surface area contributed by atoms with Gasteiger partial charge in [0.15, 0.2) is 0 Å². The number of rotatable bonds is 4. The van der Waals surface area contributed by atoms with Gasteiger partial charge in [-0.1, -0.05) is 12.1 Å². The lowest BCUT2D eigenvalue weighted by molar-refractivity contribution is -0.133. The number of nitrogens with one attached hydrogen (secondary N) is 1. The van der Waals surface area contributed by atoms with Gasteiger partial charge in [0, 0.05) is 6.54 Å². The smallest absolute Gasteiger partial charge is 0.242 e. The van der Waals surface area contributed by atoms with Crippen LogP contribution >= 0.6 is 36.2 Å². The van der Waals surface area contributed by atoms with Gasteiger partial charge in [-0.25, -0.2) is 4.98 Å². The number of nitrogens with two attached hydrogens (primary N) is 1. The van der Waals surface area contributed by atoms with Crippen LogP contribution in [0, 0.1) is 0 Å². The maximum Gasteiger partial charge on any atom is 0.242 e. The number of fused-ring (bicyclic) bond motifs is 1. The lowest BCUT2D eigenvalue weighted by atomic mass is 10.2. The lowest BCUT2D eigenvalue weighted by Crippen LogP contribution is -2.41. The van der Waals surface area contributed by atoms with Crippen LogP contribution in [-0.2, 0) is 9.59 Å². The molecular formula is C15H20Cl2N4O2S. The molecule has 1 aliphatic rings. The van der Waals surface area contributed by atoms with Crippen molar-refractivity contribution in [2.24, 2.45) is 5.73 Å². The number of likely N-dealkylation sites (tertiary alicyclic amines) is 1. The van der Waals surface area contributed by atoms with Crippen LogP contribution in [-0.4, -0.2) is 41.3 Å². The Morgan fingerprint density at radius 1 is 1.33 bits per heavy atom. The van der Waals surface area contributed by atoms with Crippen LogP contribution in [0.1, 0.15) is 23.9 Å². The molecule has 0 saturated carbocycles. The number of carbonyl (C=O) groups is 2. The van der Waals surface area contributed by atoms with E-state index in [0.717, 1.165) is 28.1 Å². The Morgan fingerprint density at radius 3 is 2.79 bits per heavy atom. The Labute approximate surface area is 156 Å². The normalized spacial score (nSPS) is 16.4. The van der Waals surface area contributed by atoms with Crippen LogP contribution in [0.4, 0.5) is 0 Å². The molecule has 2 amide bonds. The summed E-state index contributed by atoms with van der Waals surface area (Å²) in [6.45, 7) is 0.601. The molecule has 0 aliphatic carbocycles. The first-order valence-electron chi connectivity index (χ1n) is 7.30.